The number of nitrogens with two attached hydrogens (primary N) is 1. The molecular formula is C21H22FN5O2. The molecule has 0 aliphatic carbocycles. The number of nitrogen functional groups attached to an aromatic ring is 1. The Morgan fingerprint density at radius 2 is 2.10 bits per heavy atom. The van der Waals surface area contributed by atoms with E-state index in [1.165, 1.54) is 18.2 Å². The van der Waals surface area contributed by atoms with Crippen LogP contribution in [0.15, 0.2) is 36.7 Å². The summed E-state index contributed by atoms with van der Waals surface area (Å²) in [7, 11) is 1.71. The van der Waals surface area contributed by atoms with Gasteiger partial charge < -0.3 is 15.4 Å². The van der Waals surface area contributed by atoms with Gasteiger partial charge in [0.2, 0.25) is 0 Å². The Labute approximate surface area is 167 Å². The third kappa shape index (κ3) is 3.30. The number of hydrogen-bond donors (Lipinski definition) is 1. The maximum Gasteiger partial charge on any atom is 0.254 e. The van der Waals surface area contributed by atoms with Crippen LogP contribution in [0, 0.1) is 5.82 Å². The smallest absolute Gasteiger partial charge is 0.254 e. The number of fused-ring (bicyclic) bond motifs is 5. The van der Waals surface area contributed by atoms with E-state index in [1.807, 2.05) is 17.7 Å². The highest BCUT2D eigenvalue weighted by Gasteiger charge is 2.25. The van der Waals surface area contributed by atoms with E-state index in [0.29, 0.717) is 30.0 Å². The zero-order valence-electron chi connectivity index (χ0n) is 16.5. The van der Waals surface area contributed by atoms with E-state index in [2.05, 4.69) is 10.1 Å². The standard InChI is InChI=1S/C21H22FN5O2/c1-4-27-19-13-7-18(20(23)24-9-13)29-12(2)17-8-15(22)5-6-16(17)21(28)26(3)11-14(19)10-25-27/h5-10,12H,4,11H2,1-3H3,(H2,23,24)/t12-/m1/s1. The number of aromatic nitrogens is 3. The molecule has 0 fully saturated rings. The number of pyridine rings is 1. The summed E-state index contributed by atoms with van der Waals surface area (Å²) >= 11 is 0. The minimum absolute atomic E-state index is 0.221. The van der Waals surface area contributed by atoms with E-state index in [-0.39, 0.29) is 11.7 Å². The summed E-state index contributed by atoms with van der Waals surface area (Å²) in [6.07, 6.45) is 2.81. The number of benzene rings is 1. The second-order valence-corrected chi connectivity index (χ2v) is 7.09. The second-order valence-electron chi connectivity index (χ2n) is 7.09. The molecule has 8 heteroatoms. The normalized spacial score (nSPS) is 16.3. The summed E-state index contributed by atoms with van der Waals surface area (Å²) in [4.78, 5) is 19.0. The van der Waals surface area contributed by atoms with E-state index < -0.39 is 11.9 Å². The number of nitrogens with zero attached hydrogens (tertiary/aromatic N) is 4. The Hall–Kier alpha value is -3.42. The first-order chi connectivity index (χ1) is 13.9. The molecule has 2 N–H and O–H groups in total. The van der Waals surface area contributed by atoms with E-state index >= 15 is 0 Å². The highest BCUT2D eigenvalue weighted by molar-refractivity contribution is 5.95. The second kappa shape index (κ2) is 7.20. The molecule has 2 aromatic heterocycles. The van der Waals surface area contributed by atoms with Crippen LogP contribution in [0.25, 0.3) is 11.3 Å². The number of halogens is 1. The van der Waals surface area contributed by atoms with E-state index in [4.69, 9.17) is 10.5 Å². The van der Waals surface area contributed by atoms with Gasteiger partial charge in [0.05, 0.1) is 11.9 Å². The van der Waals surface area contributed by atoms with Crippen molar-refractivity contribution in [1.29, 1.82) is 0 Å². The molecule has 4 rings (SSSR count). The van der Waals surface area contributed by atoms with Crippen molar-refractivity contribution in [3.63, 3.8) is 0 Å². The topological polar surface area (TPSA) is 86.3 Å². The molecule has 0 unspecified atom stereocenters. The third-order valence-electron chi connectivity index (χ3n) is 5.11. The van der Waals surface area contributed by atoms with Crippen molar-refractivity contribution in [2.75, 3.05) is 12.8 Å². The molecule has 1 atom stereocenters. The Balaban J connectivity index is 1.94. The summed E-state index contributed by atoms with van der Waals surface area (Å²) in [5.41, 5.74) is 9.39. The lowest BCUT2D eigenvalue weighted by atomic mass is 10.0. The molecule has 2 bridgehead atoms. The van der Waals surface area contributed by atoms with Gasteiger partial charge in [0.1, 0.15) is 11.9 Å². The van der Waals surface area contributed by atoms with Crippen LogP contribution >= 0.6 is 0 Å². The number of carbonyl (C=O) groups excluding carboxylic acids is 1. The summed E-state index contributed by atoms with van der Waals surface area (Å²) < 4.78 is 21.8. The maximum absolute atomic E-state index is 14.0. The molecule has 3 heterocycles. The molecule has 1 aliphatic heterocycles. The first-order valence-electron chi connectivity index (χ1n) is 9.41. The van der Waals surface area contributed by atoms with Gasteiger partial charge in [-0.25, -0.2) is 9.37 Å². The van der Waals surface area contributed by atoms with Crippen molar-refractivity contribution in [2.24, 2.45) is 0 Å². The molecule has 1 amide bonds. The Bertz CT molecular complexity index is 1090. The maximum atomic E-state index is 14.0. The van der Waals surface area contributed by atoms with Gasteiger partial charge >= 0.3 is 0 Å². The highest BCUT2D eigenvalue weighted by atomic mass is 19.1. The fourth-order valence-corrected chi connectivity index (χ4v) is 3.64. The largest absolute Gasteiger partial charge is 0.482 e. The lowest BCUT2D eigenvalue weighted by molar-refractivity contribution is 0.0780. The zero-order chi connectivity index (χ0) is 20.7. The molecule has 0 saturated carbocycles. The lowest BCUT2D eigenvalue weighted by Gasteiger charge is -2.24. The van der Waals surface area contributed by atoms with Gasteiger partial charge in [0, 0.05) is 48.6 Å². The van der Waals surface area contributed by atoms with E-state index in [1.54, 1.807) is 31.3 Å². The fourth-order valence-electron chi connectivity index (χ4n) is 3.64. The van der Waals surface area contributed by atoms with Gasteiger partial charge in [-0.2, -0.15) is 5.10 Å². The first-order valence-corrected chi connectivity index (χ1v) is 9.41. The highest BCUT2D eigenvalue weighted by Crippen LogP contribution is 2.34. The summed E-state index contributed by atoms with van der Waals surface area (Å²) in [6, 6.07) is 5.91. The monoisotopic (exact) mass is 395 g/mol. The number of amides is 1. The van der Waals surface area contributed by atoms with Crippen LogP contribution < -0.4 is 10.5 Å². The predicted molar refractivity (Wildman–Crippen MR) is 107 cm³/mol. The van der Waals surface area contributed by atoms with E-state index in [0.717, 1.165) is 16.8 Å². The summed E-state index contributed by atoms with van der Waals surface area (Å²) in [5, 5.41) is 4.44. The van der Waals surface area contributed by atoms with Gasteiger partial charge in [0.15, 0.2) is 11.6 Å². The predicted octanol–water partition coefficient (Wildman–Crippen LogP) is 3.41. The molecule has 3 aromatic rings. The van der Waals surface area contributed by atoms with E-state index in [9.17, 15) is 9.18 Å². The number of carbonyl (C=O) groups is 1. The van der Waals surface area contributed by atoms with Crippen LogP contribution in [0.2, 0.25) is 0 Å². The summed E-state index contributed by atoms with van der Waals surface area (Å²) in [5.74, 6) is -0.0568. The minimum Gasteiger partial charge on any atom is -0.482 e. The van der Waals surface area contributed by atoms with Gasteiger partial charge in [-0.05, 0) is 38.1 Å². The molecule has 0 saturated heterocycles. The molecule has 7 nitrogen and oxygen atoms in total. The molecule has 150 valence electrons. The number of aryl methyl sites for hydroxylation is 1. The Kier molecular flexibility index (Phi) is 4.70. The quantitative estimate of drug-likeness (QED) is 0.682. The number of anilines is 1. The molecule has 29 heavy (non-hydrogen) atoms. The molecule has 1 aliphatic rings. The zero-order valence-corrected chi connectivity index (χ0v) is 16.5. The van der Waals surface area contributed by atoms with Gasteiger partial charge in [-0.1, -0.05) is 0 Å². The summed E-state index contributed by atoms with van der Waals surface area (Å²) in [6.45, 7) is 4.75. The van der Waals surface area contributed by atoms with Crippen molar-refractivity contribution in [1.82, 2.24) is 19.7 Å². The van der Waals surface area contributed by atoms with Crippen LogP contribution in [0.3, 0.4) is 0 Å². The first kappa shape index (κ1) is 18.9. The van der Waals surface area contributed by atoms with Crippen molar-refractivity contribution in [2.45, 2.75) is 33.0 Å². The van der Waals surface area contributed by atoms with Crippen molar-refractivity contribution in [3.8, 4) is 17.0 Å². The van der Waals surface area contributed by atoms with Crippen molar-refractivity contribution < 1.29 is 13.9 Å². The number of rotatable bonds is 1. The average molecular weight is 395 g/mol. The van der Waals surface area contributed by atoms with Gasteiger partial charge in [-0.15, -0.1) is 0 Å². The Morgan fingerprint density at radius 1 is 1.31 bits per heavy atom. The van der Waals surface area contributed by atoms with Crippen LogP contribution in [-0.2, 0) is 13.1 Å². The average Bonchev–Trinajstić information content (AvgIpc) is 3.10. The third-order valence-corrected chi connectivity index (χ3v) is 5.11. The number of ether oxygens (including phenoxy) is 1. The lowest BCUT2D eigenvalue weighted by Crippen LogP contribution is -2.28. The van der Waals surface area contributed by atoms with Crippen LogP contribution in [0.4, 0.5) is 10.2 Å². The van der Waals surface area contributed by atoms with Crippen LogP contribution in [0.5, 0.6) is 5.75 Å². The van der Waals surface area contributed by atoms with Crippen molar-refractivity contribution in [3.05, 3.63) is 59.2 Å². The number of hydrogen-bond acceptors (Lipinski definition) is 5. The van der Waals surface area contributed by atoms with Crippen LogP contribution in [-0.4, -0.2) is 32.6 Å². The molecular weight excluding hydrogens is 373 g/mol. The van der Waals surface area contributed by atoms with Crippen LogP contribution in [0.1, 0.15) is 41.4 Å². The SMILES string of the molecule is CCn1ncc2c1-c1cnc(N)c(c1)O[C@H](C)c1cc(F)ccc1C(=O)N(C)C2. The molecule has 0 spiro atoms. The minimum atomic E-state index is -0.604. The fraction of sp³-hybridized carbons (Fsp3) is 0.286. The molecule has 0 radical (unpaired) electrons. The van der Waals surface area contributed by atoms with Gasteiger partial charge in [-0.3, -0.25) is 9.48 Å². The van der Waals surface area contributed by atoms with Crippen molar-refractivity contribution >= 4 is 11.7 Å². The Morgan fingerprint density at radius 3 is 2.86 bits per heavy atom. The van der Waals surface area contributed by atoms with Gasteiger partial charge in [0.25, 0.3) is 5.91 Å². The molecule has 1 aromatic carbocycles.